The van der Waals surface area contributed by atoms with Gasteiger partial charge in [0.15, 0.2) is 0 Å². The lowest BCUT2D eigenvalue weighted by molar-refractivity contribution is -0.156. The van der Waals surface area contributed by atoms with Gasteiger partial charge in [-0.3, -0.25) is 4.79 Å². The zero-order valence-electron chi connectivity index (χ0n) is 8.26. The van der Waals surface area contributed by atoms with Gasteiger partial charge < -0.3 is 9.84 Å². The Balaban J connectivity index is 4.63. The van der Waals surface area contributed by atoms with Gasteiger partial charge in [0.2, 0.25) is 0 Å². The van der Waals surface area contributed by atoms with Crippen LogP contribution < -0.4 is 0 Å². The predicted molar refractivity (Wildman–Crippen MR) is 47.1 cm³/mol. The van der Waals surface area contributed by atoms with Crippen molar-refractivity contribution >= 4 is 5.97 Å². The molecule has 0 aliphatic rings. The van der Waals surface area contributed by atoms with Crippen LogP contribution in [-0.2, 0) is 9.53 Å². The van der Waals surface area contributed by atoms with Crippen molar-refractivity contribution in [2.75, 3.05) is 13.7 Å². The molecule has 0 rings (SSSR count). The molecule has 0 aromatic rings. The molecule has 0 saturated heterocycles. The van der Waals surface area contributed by atoms with Crippen LogP contribution in [0.4, 0.5) is 0 Å². The molecule has 1 unspecified atom stereocenters. The Labute approximate surface area is 73.7 Å². The number of hydrogen-bond acceptors (Lipinski definition) is 2. The molecule has 3 nitrogen and oxygen atoms in total. The molecular formula is C9H18O3. The third-order valence-corrected chi connectivity index (χ3v) is 2.56. The second-order valence-electron chi connectivity index (χ2n) is 3.40. The summed E-state index contributed by atoms with van der Waals surface area (Å²) in [5.74, 6) is -0.665. The van der Waals surface area contributed by atoms with Crippen molar-refractivity contribution in [2.45, 2.75) is 27.2 Å². The molecule has 0 saturated carbocycles. The van der Waals surface area contributed by atoms with Gasteiger partial charge in [-0.15, -0.1) is 0 Å². The largest absolute Gasteiger partial charge is 0.481 e. The van der Waals surface area contributed by atoms with Crippen LogP contribution in [0.5, 0.6) is 0 Å². The van der Waals surface area contributed by atoms with Gasteiger partial charge in [-0.1, -0.05) is 20.8 Å². The van der Waals surface area contributed by atoms with Crippen LogP contribution in [0.2, 0.25) is 0 Å². The lowest BCUT2D eigenvalue weighted by Crippen LogP contribution is -2.39. The number of carboxylic acids is 1. The molecule has 0 amide bonds. The molecule has 0 aromatic carbocycles. The van der Waals surface area contributed by atoms with Gasteiger partial charge in [0.25, 0.3) is 0 Å². The second-order valence-corrected chi connectivity index (χ2v) is 3.40. The molecule has 72 valence electrons. The molecule has 0 radical (unpaired) electrons. The average molecular weight is 174 g/mol. The van der Waals surface area contributed by atoms with Crippen molar-refractivity contribution < 1.29 is 14.6 Å². The molecule has 0 aromatic heterocycles. The Hall–Kier alpha value is -0.570. The topological polar surface area (TPSA) is 46.5 Å². The number of ether oxygens (including phenoxy) is 1. The van der Waals surface area contributed by atoms with E-state index in [9.17, 15) is 4.79 Å². The van der Waals surface area contributed by atoms with E-state index in [0.717, 1.165) is 0 Å². The quantitative estimate of drug-likeness (QED) is 0.691. The fraction of sp³-hybridized carbons (Fsp3) is 0.889. The Morgan fingerprint density at radius 1 is 1.58 bits per heavy atom. The van der Waals surface area contributed by atoms with E-state index in [1.165, 1.54) is 7.11 Å². The highest BCUT2D eigenvalue weighted by Crippen LogP contribution is 2.31. The average Bonchev–Trinajstić information content (AvgIpc) is 1.98. The minimum atomic E-state index is -0.762. The van der Waals surface area contributed by atoms with Crippen LogP contribution in [0.25, 0.3) is 0 Å². The SMILES string of the molecule is CCC(COC)(C(=O)O)C(C)C. The highest BCUT2D eigenvalue weighted by atomic mass is 16.5. The van der Waals surface area contributed by atoms with Gasteiger partial charge in [0, 0.05) is 7.11 Å². The molecular weight excluding hydrogens is 156 g/mol. The number of methoxy groups -OCH3 is 1. The van der Waals surface area contributed by atoms with Crippen LogP contribution in [0.15, 0.2) is 0 Å². The fourth-order valence-corrected chi connectivity index (χ4v) is 1.39. The van der Waals surface area contributed by atoms with E-state index in [1.54, 1.807) is 0 Å². The molecule has 3 heteroatoms. The fourth-order valence-electron chi connectivity index (χ4n) is 1.39. The molecule has 1 N–H and O–H groups in total. The van der Waals surface area contributed by atoms with E-state index in [-0.39, 0.29) is 12.5 Å². The molecule has 12 heavy (non-hydrogen) atoms. The summed E-state index contributed by atoms with van der Waals surface area (Å²) in [4.78, 5) is 11.0. The van der Waals surface area contributed by atoms with Gasteiger partial charge in [-0.05, 0) is 12.3 Å². The number of carbonyl (C=O) groups is 1. The Kier molecular flexibility index (Phi) is 4.24. The van der Waals surface area contributed by atoms with Gasteiger partial charge in [-0.2, -0.15) is 0 Å². The highest BCUT2D eigenvalue weighted by molar-refractivity contribution is 5.75. The van der Waals surface area contributed by atoms with E-state index < -0.39 is 11.4 Å². The summed E-state index contributed by atoms with van der Waals surface area (Å²) in [7, 11) is 1.54. The van der Waals surface area contributed by atoms with Gasteiger partial charge >= 0.3 is 5.97 Å². The maximum absolute atomic E-state index is 11.0. The summed E-state index contributed by atoms with van der Waals surface area (Å²) >= 11 is 0. The first-order valence-corrected chi connectivity index (χ1v) is 4.23. The molecule has 0 aliphatic heterocycles. The zero-order chi connectivity index (χ0) is 9.78. The summed E-state index contributed by atoms with van der Waals surface area (Å²) in [6.45, 7) is 6.00. The Morgan fingerprint density at radius 2 is 2.08 bits per heavy atom. The van der Waals surface area contributed by atoms with E-state index >= 15 is 0 Å². The van der Waals surface area contributed by atoms with Crippen molar-refractivity contribution in [1.82, 2.24) is 0 Å². The molecule has 0 aliphatic carbocycles. The first kappa shape index (κ1) is 11.4. The molecule has 0 fully saturated rings. The Morgan fingerprint density at radius 3 is 2.17 bits per heavy atom. The summed E-state index contributed by atoms with van der Waals surface area (Å²) in [6, 6.07) is 0. The van der Waals surface area contributed by atoms with Crippen molar-refractivity contribution in [3.63, 3.8) is 0 Å². The Bertz CT molecular complexity index is 154. The molecule has 1 atom stereocenters. The maximum atomic E-state index is 11.0. The number of rotatable bonds is 5. The maximum Gasteiger partial charge on any atom is 0.312 e. The normalized spacial score (nSPS) is 16.1. The summed E-state index contributed by atoms with van der Waals surface area (Å²) in [5.41, 5.74) is -0.714. The van der Waals surface area contributed by atoms with E-state index in [1.807, 2.05) is 20.8 Å². The summed E-state index contributed by atoms with van der Waals surface area (Å²) in [5, 5.41) is 9.05. The summed E-state index contributed by atoms with van der Waals surface area (Å²) in [6.07, 6.45) is 0.605. The van der Waals surface area contributed by atoms with Gasteiger partial charge in [0.05, 0.1) is 12.0 Å². The van der Waals surface area contributed by atoms with E-state index in [2.05, 4.69) is 0 Å². The predicted octanol–water partition coefficient (Wildman–Crippen LogP) is 1.77. The van der Waals surface area contributed by atoms with E-state index in [4.69, 9.17) is 9.84 Å². The first-order valence-electron chi connectivity index (χ1n) is 4.23. The lowest BCUT2D eigenvalue weighted by atomic mass is 9.76. The second kappa shape index (κ2) is 4.45. The zero-order valence-corrected chi connectivity index (χ0v) is 8.26. The molecule has 0 spiro atoms. The van der Waals surface area contributed by atoms with Crippen LogP contribution in [-0.4, -0.2) is 24.8 Å². The standard InChI is InChI=1S/C9H18O3/c1-5-9(6-12-4,7(2)3)8(10)11/h7H,5-6H2,1-4H3,(H,10,11). The highest BCUT2D eigenvalue weighted by Gasteiger charge is 2.39. The van der Waals surface area contributed by atoms with Crippen molar-refractivity contribution in [2.24, 2.45) is 11.3 Å². The van der Waals surface area contributed by atoms with Crippen LogP contribution >= 0.6 is 0 Å². The minimum Gasteiger partial charge on any atom is -0.481 e. The van der Waals surface area contributed by atoms with Crippen molar-refractivity contribution in [1.29, 1.82) is 0 Å². The third kappa shape index (κ3) is 1.97. The minimum absolute atomic E-state index is 0.0972. The number of hydrogen-bond donors (Lipinski definition) is 1. The number of carboxylic acid groups (broad SMARTS) is 1. The molecule has 0 bridgehead atoms. The van der Waals surface area contributed by atoms with Gasteiger partial charge in [0.1, 0.15) is 0 Å². The lowest BCUT2D eigenvalue weighted by Gasteiger charge is -2.31. The van der Waals surface area contributed by atoms with Crippen molar-refractivity contribution in [3.8, 4) is 0 Å². The third-order valence-electron chi connectivity index (χ3n) is 2.56. The smallest absolute Gasteiger partial charge is 0.312 e. The molecule has 0 heterocycles. The number of aliphatic carboxylic acids is 1. The summed E-state index contributed by atoms with van der Waals surface area (Å²) < 4.78 is 4.94. The monoisotopic (exact) mass is 174 g/mol. The first-order chi connectivity index (χ1) is 5.51. The van der Waals surface area contributed by atoms with Crippen LogP contribution in [0.1, 0.15) is 27.2 Å². The van der Waals surface area contributed by atoms with Crippen LogP contribution in [0.3, 0.4) is 0 Å². The van der Waals surface area contributed by atoms with E-state index in [0.29, 0.717) is 6.42 Å². The van der Waals surface area contributed by atoms with Crippen LogP contribution in [0, 0.1) is 11.3 Å². The van der Waals surface area contributed by atoms with Crippen molar-refractivity contribution in [3.05, 3.63) is 0 Å². The van der Waals surface area contributed by atoms with Gasteiger partial charge in [-0.25, -0.2) is 0 Å².